The normalized spacial score (nSPS) is 16.0. The molecule has 6 heteroatoms. The molecular weight excluding hydrogens is 314 g/mol. The van der Waals surface area contributed by atoms with Gasteiger partial charge in [-0.2, -0.15) is 4.98 Å². The van der Waals surface area contributed by atoms with E-state index in [0.717, 1.165) is 37.5 Å². The highest BCUT2D eigenvalue weighted by Crippen LogP contribution is 2.33. The van der Waals surface area contributed by atoms with Gasteiger partial charge in [-0.1, -0.05) is 6.07 Å². The number of likely N-dealkylation sites (tertiary alicyclic amines) is 1. The van der Waals surface area contributed by atoms with Crippen LogP contribution in [-0.4, -0.2) is 48.1 Å². The summed E-state index contributed by atoms with van der Waals surface area (Å²) in [4.78, 5) is 13.1. The number of ether oxygens (including phenoxy) is 1. The van der Waals surface area contributed by atoms with Crippen LogP contribution >= 0.6 is 0 Å². The molecule has 0 unspecified atom stereocenters. The van der Waals surface area contributed by atoms with Crippen LogP contribution < -0.4 is 15.4 Å². The highest BCUT2D eigenvalue weighted by molar-refractivity contribution is 5.68. The van der Waals surface area contributed by atoms with Gasteiger partial charge in [0.15, 0.2) is 5.82 Å². The number of hydrogen-bond acceptors (Lipinski definition) is 6. The lowest BCUT2D eigenvalue weighted by molar-refractivity contribution is 0.252. The molecule has 1 fully saturated rings. The molecule has 1 aromatic carbocycles. The Balaban J connectivity index is 1.80. The molecule has 1 aliphatic heterocycles. The molecule has 134 valence electrons. The van der Waals surface area contributed by atoms with Gasteiger partial charge in [0.2, 0.25) is 5.88 Å². The molecule has 25 heavy (non-hydrogen) atoms. The van der Waals surface area contributed by atoms with Crippen LogP contribution in [-0.2, 0) is 0 Å². The van der Waals surface area contributed by atoms with Gasteiger partial charge >= 0.3 is 0 Å². The smallest absolute Gasteiger partial charge is 0.248 e. The number of hydrogen-bond donors (Lipinski definition) is 1. The zero-order valence-corrected chi connectivity index (χ0v) is 15.5. The number of rotatable bonds is 4. The second-order valence-corrected chi connectivity index (χ2v) is 6.91. The molecule has 0 bridgehead atoms. The molecule has 6 nitrogen and oxygen atoms in total. The lowest BCUT2D eigenvalue weighted by Crippen LogP contribution is -2.42. The van der Waals surface area contributed by atoms with E-state index < -0.39 is 0 Å². The van der Waals surface area contributed by atoms with Crippen molar-refractivity contribution >= 4 is 11.5 Å². The monoisotopic (exact) mass is 341 g/mol. The van der Waals surface area contributed by atoms with Crippen molar-refractivity contribution in [2.24, 2.45) is 0 Å². The number of aromatic nitrogens is 2. The van der Waals surface area contributed by atoms with Crippen molar-refractivity contribution in [3.63, 3.8) is 0 Å². The van der Waals surface area contributed by atoms with E-state index in [4.69, 9.17) is 10.5 Å². The average Bonchev–Trinajstić information content (AvgIpc) is 2.60. The van der Waals surface area contributed by atoms with E-state index in [9.17, 15) is 0 Å². The molecule has 3 rings (SSSR count). The second kappa shape index (κ2) is 7.27. The summed E-state index contributed by atoms with van der Waals surface area (Å²) in [5.41, 5.74) is 9.22. The minimum Gasteiger partial charge on any atom is -0.437 e. The van der Waals surface area contributed by atoms with Crippen molar-refractivity contribution in [3.05, 3.63) is 35.7 Å². The van der Waals surface area contributed by atoms with Crippen LogP contribution in [0.25, 0.3) is 0 Å². The second-order valence-electron chi connectivity index (χ2n) is 6.91. The molecule has 1 saturated heterocycles. The molecule has 0 radical (unpaired) electrons. The molecular formula is C19H27N5O. The first-order valence-electron chi connectivity index (χ1n) is 8.72. The van der Waals surface area contributed by atoms with Crippen LogP contribution in [0, 0.1) is 13.8 Å². The molecule has 1 aliphatic rings. The molecule has 0 amide bonds. The molecule has 2 N–H and O–H groups in total. The van der Waals surface area contributed by atoms with E-state index in [0.29, 0.717) is 17.6 Å². The number of piperidine rings is 1. The van der Waals surface area contributed by atoms with Crippen LogP contribution in [0.3, 0.4) is 0 Å². The fourth-order valence-electron chi connectivity index (χ4n) is 3.18. The standard InChI is InChI=1S/C19H27N5O/c1-13-5-6-16(11-14(13)2)25-19-17(20)18(21-12-22-19)24(4)15-7-9-23(3)10-8-15/h5-6,11-12,15H,7-10,20H2,1-4H3. The number of nitrogens with two attached hydrogens (primary N) is 1. The van der Waals surface area contributed by atoms with Gasteiger partial charge in [-0.25, -0.2) is 4.98 Å². The molecule has 0 aliphatic carbocycles. The Morgan fingerprint density at radius 1 is 1.16 bits per heavy atom. The maximum Gasteiger partial charge on any atom is 0.248 e. The van der Waals surface area contributed by atoms with E-state index in [2.05, 4.69) is 47.7 Å². The van der Waals surface area contributed by atoms with Crippen molar-refractivity contribution in [2.75, 3.05) is 37.8 Å². The quantitative estimate of drug-likeness (QED) is 0.922. The Bertz CT molecular complexity index is 741. The third-order valence-corrected chi connectivity index (χ3v) is 5.09. The molecule has 0 spiro atoms. The highest BCUT2D eigenvalue weighted by atomic mass is 16.5. The highest BCUT2D eigenvalue weighted by Gasteiger charge is 2.24. The van der Waals surface area contributed by atoms with Crippen molar-refractivity contribution < 1.29 is 4.74 Å². The van der Waals surface area contributed by atoms with Crippen LogP contribution in [0.4, 0.5) is 11.5 Å². The Hall–Kier alpha value is -2.34. The van der Waals surface area contributed by atoms with Crippen molar-refractivity contribution in [1.29, 1.82) is 0 Å². The fourth-order valence-corrected chi connectivity index (χ4v) is 3.18. The van der Waals surface area contributed by atoms with Crippen LogP contribution in [0.15, 0.2) is 24.5 Å². The van der Waals surface area contributed by atoms with Crippen LogP contribution in [0.5, 0.6) is 11.6 Å². The number of nitrogens with zero attached hydrogens (tertiary/aromatic N) is 4. The first-order valence-corrected chi connectivity index (χ1v) is 8.72. The van der Waals surface area contributed by atoms with Gasteiger partial charge in [0.05, 0.1) is 0 Å². The SMILES string of the molecule is Cc1ccc(Oc2ncnc(N(C)C3CCN(C)CC3)c2N)cc1C. The lowest BCUT2D eigenvalue weighted by atomic mass is 10.0. The van der Waals surface area contributed by atoms with Gasteiger partial charge < -0.3 is 20.3 Å². The fraction of sp³-hybridized carbons (Fsp3) is 0.474. The summed E-state index contributed by atoms with van der Waals surface area (Å²) in [7, 11) is 4.21. The summed E-state index contributed by atoms with van der Waals surface area (Å²) in [6.45, 7) is 6.32. The van der Waals surface area contributed by atoms with Crippen molar-refractivity contribution in [1.82, 2.24) is 14.9 Å². The predicted molar refractivity (Wildman–Crippen MR) is 101 cm³/mol. The third-order valence-electron chi connectivity index (χ3n) is 5.09. The minimum absolute atomic E-state index is 0.410. The van der Waals surface area contributed by atoms with Gasteiger partial charge in [0.1, 0.15) is 17.8 Å². The number of anilines is 2. The van der Waals surface area contributed by atoms with Gasteiger partial charge in [-0.05, 0) is 70.1 Å². The average molecular weight is 341 g/mol. The summed E-state index contributed by atoms with van der Waals surface area (Å²) >= 11 is 0. The van der Waals surface area contributed by atoms with Gasteiger partial charge in [0.25, 0.3) is 0 Å². The van der Waals surface area contributed by atoms with E-state index in [1.165, 1.54) is 17.5 Å². The number of nitrogen functional groups attached to an aromatic ring is 1. The molecule has 2 aromatic rings. The first-order chi connectivity index (χ1) is 12.0. The zero-order valence-electron chi connectivity index (χ0n) is 15.5. The van der Waals surface area contributed by atoms with E-state index >= 15 is 0 Å². The zero-order chi connectivity index (χ0) is 18.0. The maximum absolute atomic E-state index is 6.33. The first kappa shape index (κ1) is 17.5. The van der Waals surface area contributed by atoms with Gasteiger partial charge in [-0.3, -0.25) is 0 Å². The third kappa shape index (κ3) is 3.85. The molecule has 2 heterocycles. The molecule has 0 saturated carbocycles. The van der Waals surface area contributed by atoms with E-state index in [-0.39, 0.29) is 0 Å². The van der Waals surface area contributed by atoms with E-state index in [1.54, 1.807) is 0 Å². The minimum atomic E-state index is 0.410. The summed E-state index contributed by atoms with van der Waals surface area (Å²) in [5.74, 6) is 1.89. The van der Waals surface area contributed by atoms with E-state index in [1.807, 2.05) is 18.2 Å². The molecule has 0 atom stereocenters. The summed E-state index contributed by atoms with van der Waals surface area (Å²) < 4.78 is 5.93. The predicted octanol–water partition coefficient (Wildman–Crippen LogP) is 3.00. The Labute approximate surface area is 149 Å². The Kier molecular flexibility index (Phi) is 5.08. The maximum atomic E-state index is 6.33. The number of benzene rings is 1. The van der Waals surface area contributed by atoms with Crippen molar-refractivity contribution in [3.8, 4) is 11.6 Å². The lowest BCUT2D eigenvalue weighted by Gasteiger charge is -2.36. The Morgan fingerprint density at radius 3 is 2.56 bits per heavy atom. The number of aryl methyl sites for hydroxylation is 2. The van der Waals surface area contributed by atoms with Crippen LogP contribution in [0.1, 0.15) is 24.0 Å². The van der Waals surface area contributed by atoms with Crippen LogP contribution in [0.2, 0.25) is 0 Å². The van der Waals surface area contributed by atoms with Crippen molar-refractivity contribution in [2.45, 2.75) is 32.7 Å². The molecule has 1 aromatic heterocycles. The topological polar surface area (TPSA) is 67.5 Å². The summed E-state index contributed by atoms with van der Waals surface area (Å²) in [6.07, 6.45) is 3.72. The van der Waals surface area contributed by atoms with Gasteiger partial charge in [0, 0.05) is 13.1 Å². The largest absolute Gasteiger partial charge is 0.437 e. The summed E-state index contributed by atoms with van der Waals surface area (Å²) in [6, 6.07) is 6.40. The van der Waals surface area contributed by atoms with Gasteiger partial charge in [-0.15, -0.1) is 0 Å². The summed E-state index contributed by atoms with van der Waals surface area (Å²) in [5, 5.41) is 0. The Morgan fingerprint density at radius 2 is 1.88 bits per heavy atom.